The van der Waals surface area contributed by atoms with Gasteiger partial charge in [-0.1, -0.05) is 32.9 Å². The van der Waals surface area contributed by atoms with E-state index < -0.39 is 35.3 Å². The minimum absolute atomic E-state index is 0.0193. The van der Waals surface area contributed by atoms with Crippen LogP contribution in [0.2, 0.25) is 0 Å². The molecule has 0 radical (unpaired) electrons. The van der Waals surface area contributed by atoms with Crippen LogP contribution in [0.4, 0.5) is 28.4 Å². The lowest BCUT2D eigenvalue weighted by molar-refractivity contribution is -0.179. The summed E-state index contributed by atoms with van der Waals surface area (Å²) in [6.45, 7) is 5.38. The average Bonchev–Trinajstić information content (AvgIpc) is 3.06. The average molecular weight is 443 g/mol. The SMILES string of the molecule is CC(=O)N(c1nc(/C=C/C(=O)N[C@@H](C(C)(C)C)C(F)(F)F)cs1)c1ccccc1F. The number of alkyl halides is 3. The molecule has 1 N–H and O–H groups in total. The van der Waals surface area contributed by atoms with Crippen LogP contribution >= 0.6 is 11.3 Å². The van der Waals surface area contributed by atoms with Crippen molar-refractivity contribution in [2.45, 2.75) is 39.9 Å². The van der Waals surface area contributed by atoms with E-state index in [2.05, 4.69) is 4.98 Å². The molecule has 0 aliphatic heterocycles. The molecular weight excluding hydrogens is 422 g/mol. The van der Waals surface area contributed by atoms with Gasteiger partial charge in [-0.05, 0) is 23.6 Å². The van der Waals surface area contributed by atoms with E-state index in [0.717, 1.165) is 22.3 Å². The van der Waals surface area contributed by atoms with Gasteiger partial charge in [0.15, 0.2) is 5.13 Å². The summed E-state index contributed by atoms with van der Waals surface area (Å²) in [5, 5.41) is 3.62. The third kappa shape index (κ3) is 5.88. The van der Waals surface area contributed by atoms with Crippen LogP contribution in [0, 0.1) is 11.2 Å². The molecule has 1 atom stereocenters. The normalized spacial score (nSPS) is 13.3. The van der Waals surface area contributed by atoms with Crippen molar-refractivity contribution in [2.75, 3.05) is 4.90 Å². The van der Waals surface area contributed by atoms with Crippen LogP contribution in [0.3, 0.4) is 0 Å². The third-order valence-corrected chi connectivity index (χ3v) is 4.84. The first-order chi connectivity index (χ1) is 13.8. The molecule has 0 aliphatic rings. The van der Waals surface area contributed by atoms with Gasteiger partial charge in [-0.15, -0.1) is 11.3 Å². The fourth-order valence-corrected chi connectivity index (χ4v) is 3.48. The topological polar surface area (TPSA) is 62.3 Å². The van der Waals surface area contributed by atoms with E-state index in [9.17, 15) is 27.2 Å². The maximum atomic E-state index is 14.1. The predicted octanol–water partition coefficient (Wildman–Crippen LogP) is 5.07. The van der Waals surface area contributed by atoms with Gasteiger partial charge in [-0.2, -0.15) is 13.2 Å². The number of para-hydroxylation sites is 1. The molecule has 2 rings (SSSR count). The van der Waals surface area contributed by atoms with Gasteiger partial charge >= 0.3 is 6.18 Å². The second-order valence-electron chi connectivity index (χ2n) is 7.54. The Morgan fingerprint density at radius 3 is 2.37 bits per heavy atom. The molecule has 10 heteroatoms. The van der Waals surface area contributed by atoms with Crippen LogP contribution in [0.25, 0.3) is 6.08 Å². The van der Waals surface area contributed by atoms with E-state index in [4.69, 9.17) is 0 Å². The molecule has 2 amide bonds. The Kier molecular flexibility index (Phi) is 7.02. The molecule has 0 unspecified atom stereocenters. The van der Waals surface area contributed by atoms with E-state index in [-0.39, 0.29) is 16.5 Å². The first-order valence-electron chi connectivity index (χ1n) is 8.86. The molecule has 1 aromatic carbocycles. The summed E-state index contributed by atoms with van der Waals surface area (Å²) in [4.78, 5) is 29.3. The molecule has 162 valence electrons. The number of halogens is 4. The highest BCUT2D eigenvalue weighted by Gasteiger charge is 2.47. The highest BCUT2D eigenvalue weighted by Crippen LogP contribution is 2.33. The fourth-order valence-electron chi connectivity index (χ4n) is 2.64. The molecule has 2 aromatic rings. The van der Waals surface area contributed by atoms with Crippen molar-refractivity contribution in [3.8, 4) is 0 Å². The van der Waals surface area contributed by atoms with Gasteiger partial charge in [0.2, 0.25) is 11.8 Å². The van der Waals surface area contributed by atoms with Gasteiger partial charge in [0.05, 0.1) is 11.4 Å². The van der Waals surface area contributed by atoms with Gasteiger partial charge in [-0.25, -0.2) is 9.37 Å². The molecule has 30 heavy (non-hydrogen) atoms. The van der Waals surface area contributed by atoms with Crippen LogP contribution in [-0.2, 0) is 9.59 Å². The third-order valence-electron chi connectivity index (χ3n) is 3.99. The number of amides is 2. The van der Waals surface area contributed by atoms with E-state index >= 15 is 0 Å². The van der Waals surface area contributed by atoms with Crippen molar-refractivity contribution in [1.82, 2.24) is 10.3 Å². The zero-order valence-electron chi connectivity index (χ0n) is 16.7. The second-order valence-corrected chi connectivity index (χ2v) is 8.38. The number of carbonyl (C=O) groups excluding carboxylic acids is 2. The molecular formula is C20H21F4N3O2S. The lowest BCUT2D eigenvalue weighted by atomic mass is 9.86. The number of anilines is 2. The number of nitrogens with one attached hydrogen (secondary N) is 1. The van der Waals surface area contributed by atoms with Gasteiger partial charge in [-0.3, -0.25) is 14.5 Å². The summed E-state index contributed by atoms with van der Waals surface area (Å²) in [7, 11) is 0. The quantitative estimate of drug-likeness (QED) is 0.518. The highest BCUT2D eigenvalue weighted by molar-refractivity contribution is 7.14. The summed E-state index contributed by atoms with van der Waals surface area (Å²) >= 11 is 1.03. The molecule has 5 nitrogen and oxygen atoms in total. The number of nitrogens with zero attached hydrogens (tertiary/aromatic N) is 2. The zero-order valence-corrected chi connectivity index (χ0v) is 17.6. The highest BCUT2D eigenvalue weighted by atomic mass is 32.1. The van der Waals surface area contributed by atoms with Crippen molar-refractivity contribution in [1.29, 1.82) is 0 Å². The van der Waals surface area contributed by atoms with E-state index in [1.54, 1.807) is 6.07 Å². The number of thiazole rings is 1. The van der Waals surface area contributed by atoms with Crippen molar-refractivity contribution in [2.24, 2.45) is 5.41 Å². The summed E-state index contributed by atoms with van der Waals surface area (Å²) in [6.07, 6.45) is -2.44. The van der Waals surface area contributed by atoms with Crippen LogP contribution in [0.1, 0.15) is 33.4 Å². The molecule has 0 saturated carbocycles. The molecule has 0 saturated heterocycles. The fraction of sp³-hybridized carbons (Fsp3) is 0.350. The Hall–Kier alpha value is -2.75. The van der Waals surface area contributed by atoms with Crippen molar-refractivity contribution in [3.05, 3.63) is 47.2 Å². The van der Waals surface area contributed by atoms with Crippen LogP contribution in [-0.4, -0.2) is 29.0 Å². The molecule has 0 spiro atoms. The Labute approximate surface area is 175 Å². The maximum absolute atomic E-state index is 14.1. The van der Waals surface area contributed by atoms with Gasteiger partial charge in [0.25, 0.3) is 0 Å². The summed E-state index contributed by atoms with van der Waals surface area (Å²) in [5.41, 5.74) is -0.963. The van der Waals surface area contributed by atoms with Crippen LogP contribution < -0.4 is 10.2 Å². The van der Waals surface area contributed by atoms with Crippen LogP contribution in [0.15, 0.2) is 35.7 Å². The molecule has 0 fully saturated rings. The largest absolute Gasteiger partial charge is 0.409 e. The van der Waals surface area contributed by atoms with Crippen molar-refractivity contribution >= 4 is 40.0 Å². The minimum atomic E-state index is -4.60. The lowest BCUT2D eigenvalue weighted by Crippen LogP contribution is -2.52. The number of hydrogen-bond acceptors (Lipinski definition) is 4. The lowest BCUT2D eigenvalue weighted by Gasteiger charge is -2.32. The van der Waals surface area contributed by atoms with Crippen molar-refractivity contribution < 1.29 is 27.2 Å². The Morgan fingerprint density at radius 1 is 1.20 bits per heavy atom. The smallest absolute Gasteiger partial charge is 0.340 e. The molecule has 0 aliphatic carbocycles. The molecule has 1 aromatic heterocycles. The summed E-state index contributed by atoms with van der Waals surface area (Å²) in [6, 6.07) is 3.65. The number of rotatable bonds is 5. The van der Waals surface area contributed by atoms with E-state index in [1.807, 2.05) is 5.32 Å². The first-order valence-corrected chi connectivity index (χ1v) is 9.74. The van der Waals surface area contributed by atoms with Crippen molar-refractivity contribution in [3.63, 3.8) is 0 Å². The minimum Gasteiger partial charge on any atom is -0.340 e. The number of hydrogen-bond donors (Lipinski definition) is 1. The monoisotopic (exact) mass is 443 g/mol. The van der Waals surface area contributed by atoms with E-state index in [1.165, 1.54) is 57.4 Å². The summed E-state index contributed by atoms with van der Waals surface area (Å²) in [5.74, 6) is -2.01. The standard InChI is InChI=1S/C20H21F4N3O2S/c1-12(28)27(15-8-6-5-7-14(15)21)18-25-13(11-30-18)9-10-16(29)26-17(19(2,3)4)20(22,23)24/h5-11,17H,1-4H3,(H,26,29)/b10-9+/t17-/m0/s1. The van der Waals surface area contributed by atoms with Gasteiger partial charge in [0, 0.05) is 18.4 Å². The Morgan fingerprint density at radius 2 is 1.83 bits per heavy atom. The van der Waals surface area contributed by atoms with E-state index in [0.29, 0.717) is 0 Å². The van der Waals surface area contributed by atoms with Gasteiger partial charge < -0.3 is 5.32 Å². The number of aromatic nitrogens is 1. The second kappa shape index (κ2) is 8.95. The Balaban J connectivity index is 2.20. The zero-order chi connectivity index (χ0) is 22.7. The van der Waals surface area contributed by atoms with Gasteiger partial charge in [0.1, 0.15) is 11.9 Å². The molecule has 1 heterocycles. The maximum Gasteiger partial charge on any atom is 0.409 e. The van der Waals surface area contributed by atoms with Crippen LogP contribution in [0.5, 0.6) is 0 Å². The predicted molar refractivity (Wildman–Crippen MR) is 108 cm³/mol. The number of carbonyl (C=O) groups is 2. The Bertz CT molecular complexity index is 934. The number of benzene rings is 1. The first kappa shape index (κ1) is 23.5. The molecule has 0 bridgehead atoms. The summed E-state index contributed by atoms with van der Waals surface area (Å²) < 4.78 is 53.6.